The molecule has 0 radical (unpaired) electrons. The van der Waals surface area contributed by atoms with Crippen molar-refractivity contribution >= 4 is 55.3 Å². The van der Waals surface area contributed by atoms with Crippen molar-refractivity contribution in [3.63, 3.8) is 0 Å². The van der Waals surface area contributed by atoms with Crippen molar-refractivity contribution < 1.29 is 9.59 Å². The second kappa shape index (κ2) is 6.42. The van der Waals surface area contributed by atoms with E-state index in [0.29, 0.717) is 10.6 Å². The lowest BCUT2D eigenvalue weighted by molar-refractivity contribution is -0.113. The Hall–Kier alpha value is -0.980. The summed E-state index contributed by atoms with van der Waals surface area (Å²) in [7, 11) is 0. The first-order valence-electron chi connectivity index (χ1n) is 6.79. The number of carbonyl (C=O) groups is 2. The minimum atomic E-state index is -0.117. The van der Waals surface area contributed by atoms with E-state index in [-0.39, 0.29) is 17.0 Å². The minimum Gasteiger partial charge on any atom is -0.316 e. The van der Waals surface area contributed by atoms with Crippen LogP contribution in [-0.4, -0.2) is 17.0 Å². The Labute approximate surface area is 139 Å². The van der Waals surface area contributed by atoms with E-state index >= 15 is 0 Å². The highest BCUT2D eigenvalue weighted by Crippen LogP contribution is 2.39. The minimum absolute atomic E-state index is 0.0364. The normalized spacial score (nSPS) is 13.8. The van der Waals surface area contributed by atoms with Crippen LogP contribution in [0.2, 0.25) is 0 Å². The lowest BCUT2D eigenvalue weighted by Gasteiger charge is -2.12. The van der Waals surface area contributed by atoms with E-state index < -0.39 is 0 Å². The van der Waals surface area contributed by atoms with Gasteiger partial charge in [0.2, 0.25) is 11.7 Å². The second-order valence-corrected chi connectivity index (χ2v) is 7.52. The Bertz CT molecular complexity index is 676. The Kier molecular flexibility index (Phi) is 4.57. The summed E-state index contributed by atoms with van der Waals surface area (Å²) < 4.78 is 0. The highest BCUT2D eigenvalue weighted by Gasteiger charge is 2.27. The summed E-state index contributed by atoms with van der Waals surface area (Å²) in [6.07, 6.45) is 4.21. The van der Waals surface area contributed by atoms with Gasteiger partial charge in [-0.05, 0) is 42.7 Å². The zero-order valence-electron chi connectivity index (χ0n) is 11.3. The topological polar surface area (TPSA) is 46.2 Å². The fraction of sp³-hybridized carbons (Fsp3) is 0.333. The van der Waals surface area contributed by atoms with Gasteiger partial charge < -0.3 is 5.32 Å². The van der Waals surface area contributed by atoms with Crippen LogP contribution in [0.1, 0.15) is 38.5 Å². The molecule has 0 saturated heterocycles. The van der Waals surface area contributed by atoms with Crippen LogP contribution in [0.3, 0.4) is 0 Å². The number of aryl methyl sites for hydroxylation is 1. The number of amides is 1. The van der Waals surface area contributed by atoms with Crippen LogP contribution in [0.25, 0.3) is 0 Å². The average molecular weight is 384 g/mol. The molecule has 3 rings (SSSR count). The summed E-state index contributed by atoms with van der Waals surface area (Å²) in [4.78, 5) is 26.5. The molecule has 2 aromatic heterocycles. The number of halogens is 1. The first-order chi connectivity index (χ1) is 10.2. The van der Waals surface area contributed by atoms with Crippen molar-refractivity contribution in [2.45, 2.75) is 25.7 Å². The van der Waals surface area contributed by atoms with Gasteiger partial charge in [0, 0.05) is 4.88 Å². The van der Waals surface area contributed by atoms with Crippen LogP contribution in [0, 0.1) is 0 Å². The van der Waals surface area contributed by atoms with Gasteiger partial charge in [0.1, 0.15) is 5.00 Å². The number of fused-ring (bicyclic) bond motifs is 1. The van der Waals surface area contributed by atoms with Crippen LogP contribution in [0.15, 0.2) is 17.5 Å². The Morgan fingerprint density at radius 3 is 2.81 bits per heavy atom. The monoisotopic (exact) mass is 383 g/mol. The van der Waals surface area contributed by atoms with Crippen molar-refractivity contribution in [1.82, 2.24) is 0 Å². The number of ketones is 1. The summed E-state index contributed by atoms with van der Waals surface area (Å²) in [6.45, 7) is 0. The van der Waals surface area contributed by atoms with Gasteiger partial charge >= 0.3 is 0 Å². The maximum atomic E-state index is 12.8. The van der Waals surface area contributed by atoms with Crippen LogP contribution >= 0.6 is 38.6 Å². The van der Waals surface area contributed by atoms with Gasteiger partial charge in [-0.25, -0.2) is 0 Å². The van der Waals surface area contributed by atoms with Gasteiger partial charge in [0.05, 0.1) is 15.8 Å². The Morgan fingerprint density at radius 2 is 2.10 bits per heavy atom. The molecule has 6 heteroatoms. The molecule has 0 bridgehead atoms. The zero-order valence-corrected chi connectivity index (χ0v) is 14.5. The molecule has 21 heavy (non-hydrogen) atoms. The van der Waals surface area contributed by atoms with E-state index in [4.69, 9.17) is 0 Å². The molecule has 3 nitrogen and oxygen atoms in total. The third-order valence-electron chi connectivity index (χ3n) is 3.52. The molecule has 1 aliphatic rings. The lowest BCUT2D eigenvalue weighted by atomic mass is 9.93. The van der Waals surface area contributed by atoms with Crippen LogP contribution < -0.4 is 5.32 Å². The number of hydrogen-bond donors (Lipinski definition) is 1. The molecular weight excluding hydrogens is 370 g/mol. The Balaban J connectivity index is 2.05. The van der Waals surface area contributed by atoms with Gasteiger partial charge in [-0.3, -0.25) is 9.59 Å². The predicted molar refractivity (Wildman–Crippen MR) is 91.1 cm³/mol. The fourth-order valence-corrected chi connectivity index (χ4v) is 4.70. The molecule has 0 atom stereocenters. The smallest absolute Gasteiger partial charge is 0.235 e. The summed E-state index contributed by atoms with van der Waals surface area (Å²) in [5.74, 6) is -0.0805. The van der Waals surface area contributed by atoms with Crippen molar-refractivity contribution in [3.05, 3.63) is 38.4 Å². The van der Waals surface area contributed by atoms with Crippen LogP contribution in [0.5, 0.6) is 0 Å². The molecule has 0 unspecified atom stereocenters. The molecule has 0 fully saturated rings. The van der Waals surface area contributed by atoms with E-state index in [1.807, 2.05) is 17.5 Å². The molecule has 1 N–H and O–H groups in total. The number of alkyl halides is 1. The number of nitrogens with one attached hydrogen (secondary N) is 1. The van der Waals surface area contributed by atoms with E-state index in [9.17, 15) is 9.59 Å². The van der Waals surface area contributed by atoms with E-state index in [2.05, 4.69) is 21.2 Å². The van der Waals surface area contributed by atoms with Gasteiger partial charge in [-0.15, -0.1) is 22.7 Å². The highest BCUT2D eigenvalue weighted by atomic mass is 79.9. The number of anilines is 1. The van der Waals surface area contributed by atoms with E-state index in [0.717, 1.165) is 36.1 Å². The van der Waals surface area contributed by atoms with Crippen molar-refractivity contribution in [2.75, 3.05) is 10.6 Å². The van der Waals surface area contributed by atoms with Crippen LogP contribution in [-0.2, 0) is 17.6 Å². The zero-order chi connectivity index (χ0) is 14.8. The molecule has 0 aliphatic heterocycles. The van der Waals surface area contributed by atoms with Gasteiger partial charge in [0.15, 0.2) is 0 Å². The second-order valence-electron chi connectivity index (χ2n) is 4.90. The largest absolute Gasteiger partial charge is 0.316 e. The molecule has 1 aliphatic carbocycles. The molecule has 2 heterocycles. The van der Waals surface area contributed by atoms with Crippen molar-refractivity contribution in [2.24, 2.45) is 0 Å². The maximum absolute atomic E-state index is 12.8. The molecule has 0 aromatic carbocycles. The van der Waals surface area contributed by atoms with Gasteiger partial charge in [-0.1, -0.05) is 22.0 Å². The van der Waals surface area contributed by atoms with Crippen molar-refractivity contribution in [3.8, 4) is 0 Å². The molecule has 0 saturated carbocycles. The summed E-state index contributed by atoms with van der Waals surface area (Å²) >= 11 is 6.16. The number of rotatable bonds is 4. The standard InChI is InChI=1S/C15H14BrNO2S2/c16-8-12(18)17-15-13(14(19)11-6-3-7-20-11)9-4-1-2-5-10(9)21-15/h3,6-7H,1-2,4-5,8H2,(H,17,18). The summed E-state index contributed by atoms with van der Waals surface area (Å²) in [6, 6.07) is 3.73. The molecule has 0 spiro atoms. The third-order valence-corrected chi connectivity index (χ3v) is 6.10. The predicted octanol–water partition coefficient (Wildman–Crippen LogP) is 4.25. The first-order valence-corrected chi connectivity index (χ1v) is 9.61. The summed E-state index contributed by atoms with van der Waals surface area (Å²) in [5, 5.41) is 5.73. The van der Waals surface area contributed by atoms with Gasteiger partial charge in [-0.2, -0.15) is 0 Å². The van der Waals surface area contributed by atoms with Crippen molar-refractivity contribution in [1.29, 1.82) is 0 Å². The summed E-state index contributed by atoms with van der Waals surface area (Å²) in [5.41, 5.74) is 1.86. The molecule has 2 aromatic rings. The lowest BCUT2D eigenvalue weighted by Crippen LogP contribution is -2.14. The van der Waals surface area contributed by atoms with Gasteiger partial charge in [0.25, 0.3) is 0 Å². The number of thiophene rings is 2. The number of carbonyl (C=O) groups excluding carboxylic acids is 2. The van der Waals surface area contributed by atoms with E-state index in [1.54, 1.807) is 11.3 Å². The molecule has 1 amide bonds. The average Bonchev–Trinajstić information content (AvgIpc) is 3.13. The first kappa shape index (κ1) is 14.9. The third kappa shape index (κ3) is 2.98. The van der Waals surface area contributed by atoms with E-state index in [1.165, 1.54) is 16.2 Å². The van der Waals surface area contributed by atoms with Crippen LogP contribution in [0.4, 0.5) is 5.00 Å². The highest BCUT2D eigenvalue weighted by molar-refractivity contribution is 9.09. The maximum Gasteiger partial charge on any atom is 0.235 e. The molecule has 110 valence electrons. The fourth-order valence-electron chi connectivity index (χ4n) is 2.59. The number of hydrogen-bond acceptors (Lipinski definition) is 4. The molecular formula is C15H14BrNO2S2. The Morgan fingerprint density at radius 1 is 1.29 bits per heavy atom. The quantitative estimate of drug-likeness (QED) is 0.633. The SMILES string of the molecule is O=C(CBr)Nc1sc2c(c1C(=O)c1cccs1)CCCC2.